The summed E-state index contributed by atoms with van der Waals surface area (Å²) >= 11 is 0. The minimum atomic E-state index is -0.991. The first-order valence-corrected chi connectivity index (χ1v) is 7.85. The Balaban J connectivity index is 2.20. The molecule has 0 aliphatic rings. The van der Waals surface area contributed by atoms with Gasteiger partial charge in [-0.2, -0.15) is 0 Å². The molecule has 1 aromatic carbocycles. The molecule has 1 N–H and O–H groups in total. The number of ether oxygens (including phenoxy) is 2. The van der Waals surface area contributed by atoms with Gasteiger partial charge >= 0.3 is 11.9 Å². The van der Waals surface area contributed by atoms with E-state index >= 15 is 0 Å². The lowest BCUT2D eigenvalue weighted by molar-refractivity contribution is 0.0316. The van der Waals surface area contributed by atoms with Gasteiger partial charge in [-0.25, -0.2) is 9.59 Å². The smallest absolute Gasteiger partial charge is 0.339 e. The van der Waals surface area contributed by atoms with Crippen molar-refractivity contribution in [1.82, 2.24) is 4.98 Å². The Kier molecular flexibility index (Phi) is 5.41. The van der Waals surface area contributed by atoms with Gasteiger partial charge in [-0.15, -0.1) is 0 Å². The predicted octanol–water partition coefficient (Wildman–Crippen LogP) is 3.15. The van der Waals surface area contributed by atoms with Gasteiger partial charge in [0.05, 0.1) is 23.9 Å². The quantitative estimate of drug-likeness (QED) is 0.666. The molecule has 6 heteroatoms. The van der Waals surface area contributed by atoms with Crippen LogP contribution in [0.2, 0.25) is 0 Å². The summed E-state index contributed by atoms with van der Waals surface area (Å²) in [5.74, 6) is -1.50. The number of carbonyl (C=O) groups excluding carboxylic acids is 3. The zero-order chi connectivity index (χ0) is 18.7. The van der Waals surface area contributed by atoms with E-state index in [1.165, 1.54) is 14.0 Å². The first-order chi connectivity index (χ1) is 11.8. The van der Waals surface area contributed by atoms with E-state index in [-0.39, 0.29) is 5.69 Å². The van der Waals surface area contributed by atoms with Crippen LogP contribution >= 0.6 is 0 Å². The molecule has 0 saturated heterocycles. The second-order valence-electron chi connectivity index (χ2n) is 5.90. The van der Waals surface area contributed by atoms with Gasteiger partial charge in [0.1, 0.15) is 0 Å². The molecule has 2 rings (SSSR count). The van der Waals surface area contributed by atoms with E-state index in [0.717, 1.165) is 5.56 Å². The Hall–Kier alpha value is -2.89. The van der Waals surface area contributed by atoms with Crippen molar-refractivity contribution in [3.05, 3.63) is 57.9 Å². The SMILES string of the molecule is COC(=O)c1c(C)[nH]c(C(=O)C(C)OC(=O)c2cccc(C)c2)c1C. The molecule has 6 nitrogen and oxygen atoms in total. The number of hydrogen-bond donors (Lipinski definition) is 1. The number of H-pyrrole nitrogens is 1. The van der Waals surface area contributed by atoms with Crippen LogP contribution in [0.4, 0.5) is 0 Å². The lowest BCUT2D eigenvalue weighted by Crippen LogP contribution is -2.25. The second kappa shape index (κ2) is 7.34. The molecule has 0 saturated carbocycles. The Morgan fingerprint density at radius 1 is 1.08 bits per heavy atom. The summed E-state index contributed by atoms with van der Waals surface area (Å²) in [6.45, 7) is 6.70. The minimum absolute atomic E-state index is 0.238. The minimum Gasteiger partial charge on any atom is -0.465 e. The van der Waals surface area contributed by atoms with E-state index in [0.29, 0.717) is 22.4 Å². The zero-order valence-electron chi connectivity index (χ0n) is 14.9. The van der Waals surface area contributed by atoms with Gasteiger partial charge in [0.2, 0.25) is 5.78 Å². The molecule has 1 aromatic heterocycles. The summed E-state index contributed by atoms with van der Waals surface area (Å²) in [5, 5.41) is 0. The van der Waals surface area contributed by atoms with Crippen LogP contribution in [0, 0.1) is 20.8 Å². The number of Topliss-reactive ketones (excluding diaryl/α,β-unsaturated/α-hetero) is 1. The van der Waals surface area contributed by atoms with Crippen LogP contribution < -0.4 is 0 Å². The number of aromatic amines is 1. The van der Waals surface area contributed by atoms with Gasteiger partial charge in [0, 0.05) is 5.69 Å². The Morgan fingerprint density at radius 2 is 1.76 bits per heavy atom. The van der Waals surface area contributed by atoms with Crippen molar-refractivity contribution in [2.75, 3.05) is 7.11 Å². The Labute approximate surface area is 146 Å². The van der Waals surface area contributed by atoms with Crippen LogP contribution in [0.25, 0.3) is 0 Å². The maximum absolute atomic E-state index is 12.6. The third-order valence-corrected chi connectivity index (χ3v) is 3.98. The molecule has 25 heavy (non-hydrogen) atoms. The molecule has 1 atom stereocenters. The number of benzene rings is 1. The topological polar surface area (TPSA) is 85.5 Å². The first-order valence-electron chi connectivity index (χ1n) is 7.85. The molecular formula is C19H21NO5. The highest BCUT2D eigenvalue weighted by Crippen LogP contribution is 2.21. The molecule has 0 bridgehead atoms. The van der Waals surface area contributed by atoms with Gasteiger partial charge in [-0.3, -0.25) is 4.79 Å². The van der Waals surface area contributed by atoms with E-state index in [4.69, 9.17) is 9.47 Å². The largest absolute Gasteiger partial charge is 0.465 e. The summed E-state index contributed by atoms with van der Waals surface area (Å²) in [6, 6.07) is 6.94. The molecule has 0 fully saturated rings. The third kappa shape index (κ3) is 3.79. The van der Waals surface area contributed by atoms with E-state index in [9.17, 15) is 14.4 Å². The number of rotatable bonds is 5. The maximum Gasteiger partial charge on any atom is 0.339 e. The summed E-state index contributed by atoms with van der Waals surface area (Å²) in [6.07, 6.45) is -0.991. The number of carbonyl (C=O) groups is 3. The number of hydrogen-bond acceptors (Lipinski definition) is 5. The summed E-state index contributed by atoms with van der Waals surface area (Å²) < 4.78 is 10.0. The fourth-order valence-electron chi connectivity index (χ4n) is 2.66. The average molecular weight is 343 g/mol. The van der Waals surface area contributed by atoms with Crippen LogP contribution in [0.1, 0.15) is 54.9 Å². The number of nitrogens with one attached hydrogen (secondary N) is 1. The van der Waals surface area contributed by atoms with Gasteiger partial charge in [-0.05, 0) is 45.4 Å². The zero-order valence-corrected chi connectivity index (χ0v) is 14.9. The first kappa shape index (κ1) is 18.4. The van der Waals surface area contributed by atoms with E-state index in [1.807, 2.05) is 13.0 Å². The van der Waals surface area contributed by atoms with Gasteiger partial charge in [0.15, 0.2) is 6.10 Å². The van der Waals surface area contributed by atoms with E-state index < -0.39 is 23.8 Å². The Morgan fingerprint density at radius 3 is 2.36 bits per heavy atom. The molecule has 0 radical (unpaired) electrons. The highest BCUT2D eigenvalue weighted by atomic mass is 16.5. The third-order valence-electron chi connectivity index (χ3n) is 3.98. The van der Waals surface area contributed by atoms with Crippen molar-refractivity contribution in [1.29, 1.82) is 0 Å². The van der Waals surface area contributed by atoms with Crippen molar-refractivity contribution < 1.29 is 23.9 Å². The van der Waals surface area contributed by atoms with Crippen LogP contribution in [-0.2, 0) is 9.47 Å². The highest BCUT2D eigenvalue weighted by Gasteiger charge is 2.27. The van der Waals surface area contributed by atoms with Gasteiger partial charge < -0.3 is 14.5 Å². The van der Waals surface area contributed by atoms with Crippen molar-refractivity contribution >= 4 is 17.7 Å². The van der Waals surface area contributed by atoms with Crippen LogP contribution in [0.15, 0.2) is 24.3 Å². The molecule has 2 aromatic rings. The van der Waals surface area contributed by atoms with E-state index in [2.05, 4.69) is 4.98 Å². The van der Waals surface area contributed by atoms with Crippen molar-refractivity contribution in [2.24, 2.45) is 0 Å². The number of aromatic nitrogens is 1. The molecule has 0 amide bonds. The fourth-order valence-corrected chi connectivity index (χ4v) is 2.66. The lowest BCUT2D eigenvalue weighted by Gasteiger charge is -2.12. The van der Waals surface area contributed by atoms with Crippen molar-refractivity contribution in [3.8, 4) is 0 Å². The van der Waals surface area contributed by atoms with Crippen LogP contribution in [0.5, 0.6) is 0 Å². The summed E-state index contributed by atoms with van der Waals surface area (Å²) in [7, 11) is 1.28. The maximum atomic E-state index is 12.6. The Bertz CT molecular complexity index is 834. The van der Waals surface area contributed by atoms with Crippen LogP contribution in [0.3, 0.4) is 0 Å². The molecule has 1 heterocycles. The lowest BCUT2D eigenvalue weighted by atomic mass is 10.1. The molecule has 1 unspecified atom stereocenters. The fraction of sp³-hybridized carbons (Fsp3) is 0.316. The van der Waals surface area contributed by atoms with Crippen molar-refractivity contribution in [3.63, 3.8) is 0 Å². The molecular weight excluding hydrogens is 322 g/mol. The van der Waals surface area contributed by atoms with E-state index in [1.54, 1.807) is 32.0 Å². The monoisotopic (exact) mass is 343 g/mol. The molecule has 132 valence electrons. The molecule has 0 aliphatic carbocycles. The molecule has 0 aliphatic heterocycles. The average Bonchev–Trinajstić information content (AvgIpc) is 2.87. The number of ketones is 1. The predicted molar refractivity (Wildman–Crippen MR) is 92.0 cm³/mol. The summed E-state index contributed by atoms with van der Waals surface area (Å²) in [4.78, 5) is 39.5. The van der Waals surface area contributed by atoms with Crippen molar-refractivity contribution in [2.45, 2.75) is 33.8 Å². The molecule has 0 spiro atoms. The standard InChI is InChI=1S/C19H21NO5/c1-10-7-6-8-14(9-10)18(22)25-13(4)17(21)16-11(2)15(12(3)20-16)19(23)24-5/h6-9,13,20H,1-5H3. The highest BCUT2D eigenvalue weighted by molar-refractivity contribution is 6.04. The number of aryl methyl sites for hydroxylation is 2. The van der Waals surface area contributed by atoms with Gasteiger partial charge in [-0.1, -0.05) is 17.7 Å². The normalized spacial score (nSPS) is 11.7. The van der Waals surface area contributed by atoms with Crippen LogP contribution in [-0.4, -0.2) is 35.9 Å². The number of methoxy groups -OCH3 is 1. The number of esters is 2. The summed E-state index contributed by atoms with van der Waals surface area (Å²) in [5.41, 5.74) is 2.88. The van der Waals surface area contributed by atoms with Gasteiger partial charge in [0.25, 0.3) is 0 Å². The second-order valence-corrected chi connectivity index (χ2v) is 5.90.